The number of hydrogen-bond donors (Lipinski definition) is 1. The van der Waals surface area contributed by atoms with Crippen LogP contribution in [0.15, 0.2) is 0 Å². The molecule has 1 atom stereocenters. The first-order valence-electron chi connectivity index (χ1n) is 4.67. The Labute approximate surface area is 79.3 Å². The number of nitrogens with two attached hydrogens (primary N) is 1. The third-order valence-corrected chi connectivity index (χ3v) is 2.46. The third kappa shape index (κ3) is 3.31. The van der Waals surface area contributed by atoms with Crippen LogP contribution >= 0.6 is 0 Å². The first-order valence-corrected chi connectivity index (χ1v) is 4.67. The average Bonchev–Trinajstić information content (AvgIpc) is 2.19. The number of likely N-dealkylation sites (N-methyl/N-ethyl adjacent to an activating group) is 1. The predicted octanol–water partition coefficient (Wildman–Crippen LogP) is -0.0519. The Hall–Kier alpha value is -0.630. The summed E-state index contributed by atoms with van der Waals surface area (Å²) < 4.78 is 5.26. The standard InChI is InChI=1S/C9H17N3O/c1-12(7-8(11)6-10)9-2-4-13-5-3-9/h8-9H,2-5,7,11H2,1H3. The molecule has 0 saturated carbocycles. The Morgan fingerprint density at radius 2 is 2.23 bits per heavy atom. The molecule has 1 aliphatic heterocycles. The lowest BCUT2D eigenvalue weighted by Crippen LogP contribution is -2.42. The molecule has 1 fully saturated rings. The first-order chi connectivity index (χ1) is 6.24. The number of nitrogens with zero attached hydrogens (tertiary/aromatic N) is 2. The molecule has 0 radical (unpaired) electrons. The average molecular weight is 183 g/mol. The molecule has 0 aromatic heterocycles. The Balaban J connectivity index is 2.29. The van der Waals surface area contributed by atoms with E-state index in [2.05, 4.69) is 4.90 Å². The van der Waals surface area contributed by atoms with E-state index >= 15 is 0 Å². The maximum Gasteiger partial charge on any atom is 0.106 e. The highest BCUT2D eigenvalue weighted by molar-refractivity contribution is 4.89. The van der Waals surface area contributed by atoms with E-state index in [0.717, 1.165) is 26.1 Å². The van der Waals surface area contributed by atoms with Crippen molar-refractivity contribution in [3.8, 4) is 6.07 Å². The van der Waals surface area contributed by atoms with Gasteiger partial charge in [-0.05, 0) is 19.9 Å². The molecule has 1 aliphatic rings. The van der Waals surface area contributed by atoms with Crippen LogP contribution in [0.3, 0.4) is 0 Å². The van der Waals surface area contributed by atoms with E-state index in [0.29, 0.717) is 12.6 Å². The summed E-state index contributed by atoms with van der Waals surface area (Å²) in [6.07, 6.45) is 2.10. The van der Waals surface area contributed by atoms with Gasteiger partial charge in [0.1, 0.15) is 6.04 Å². The number of nitriles is 1. The summed E-state index contributed by atoms with van der Waals surface area (Å²) in [4.78, 5) is 2.16. The Bertz CT molecular complexity index is 184. The van der Waals surface area contributed by atoms with Gasteiger partial charge in [-0.3, -0.25) is 0 Å². The van der Waals surface area contributed by atoms with E-state index in [1.54, 1.807) is 0 Å². The van der Waals surface area contributed by atoms with Gasteiger partial charge in [0.2, 0.25) is 0 Å². The molecular formula is C9H17N3O. The second-order valence-electron chi connectivity index (χ2n) is 3.52. The highest BCUT2D eigenvalue weighted by atomic mass is 16.5. The summed E-state index contributed by atoms with van der Waals surface area (Å²) in [5, 5.41) is 8.56. The van der Waals surface area contributed by atoms with E-state index < -0.39 is 0 Å². The van der Waals surface area contributed by atoms with Crippen LogP contribution < -0.4 is 5.73 Å². The van der Waals surface area contributed by atoms with Gasteiger partial charge in [0.05, 0.1) is 6.07 Å². The van der Waals surface area contributed by atoms with Crippen molar-refractivity contribution in [2.45, 2.75) is 24.9 Å². The van der Waals surface area contributed by atoms with Crippen LogP contribution in [-0.2, 0) is 4.74 Å². The summed E-state index contributed by atoms with van der Waals surface area (Å²) in [6, 6.07) is 2.21. The van der Waals surface area contributed by atoms with Crippen molar-refractivity contribution < 1.29 is 4.74 Å². The molecule has 2 N–H and O–H groups in total. The largest absolute Gasteiger partial charge is 0.381 e. The van der Waals surface area contributed by atoms with E-state index in [4.69, 9.17) is 15.7 Å². The van der Waals surface area contributed by atoms with Crippen LogP contribution in [0, 0.1) is 11.3 Å². The molecule has 1 unspecified atom stereocenters. The normalized spacial score (nSPS) is 21.4. The van der Waals surface area contributed by atoms with Crippen LogP contribution in [0.2, 0.25) is 0 Å². The van der Waals surface area contributed by atoms with Crippen LogP contribution in [0.5, 0.6) is 0 Å². The van der Waals surface area contributed by atoms with Crippen molar-refractivity contribution in [3.05, 3.63) is 0 Å². The molecule has 0 aliphatic carbocycles. The number of ether oxygens (including phenoxy) is 1. The summed E-state index contributed by atoms with van der Waals surface area (Å²) in [5.41, 5.74) is 5.55. The predicted molar refractivity (Wildman–Crippen MR) is 50.1 cm³/mol. The van der Waals surface area contributed by atoms with Gasteiger partial charge in [-0.1, -0.05) is 0 Å². The maximum absolute atomic E-state index is 8.56. The van der Waals surface area contributed by atoms with Gasteiger partial charge in [-0.15, -0.1) is 0 Å². The van der Waals surface area contributed by atoms with Gasteiger partial charge in [-0.2, -0.15) is 5.26 Å². The smallest absolute Gasteiger partial charge is 0.106 e. The Morgan fingerprint density at radius 3 is 2.77 bits per heavy atom. The number of hydrogen-bond acceptors (Lipinski definition) is 4. The molecule has 1 heterocycles. The SMILES string of the molecule is CN(CC(N)C#N)C1CCOCC1. The monoisotopic (exact) mass is 183 g/mol. The Morgan fingerprint density at radius 1 is 1.62 bits per heavy atom. The van der Waals surface area contributed by atoms with Crippen molar-refractivity contribution in [1.29, 1.82) is 5.26 Å². The van der Waals surface area contributed by atoms with E-state index in [1.165, 1.54) is 0 Å². The lowest BCUT2D eigenvalue weighted by atomic mass is 10.1. The highest BCUT2D eigenvalue weighted by Gasteiger charge is 2.19. The second-order valence-corrected chi connectivity index (χ2v) is 3.52. The minimum atomic E-state index is -0.368. The van der Waals surface area contributed by atoms with E-state index in [-0.39, 0.29) is 6.04 Å². The molecular weight excluding hydrogens is 166 g/mol. The molecule has 0 spiro atoms. The molecule has 0 aromatic carbocycles. The molecule has 4 nitrogen and oxygen atoms in total. The van der Waals surface area contributed by atoms with E-state index in [1.807, 2.05) is 13.1 Å². The van der Waals surface area contributed by atoms with Crippen molar-refractivity contribution in [2.24, 2.45) is 5.73 Å². The van der Waals surface area contributed by atoms with Crippen LogP contribution in [-0.4, -0.2) is 43.8 Å². The zero-order valence-electron chi connectivity index (χ0n) is 8.07. The molecule has 4 heteroatoms. The van der Waals surface area contributed by atoms with Crippen molar-refractivity contribution >= 4 is 0 Å². The molecule has 0 amide bonds. The van der Waals surface area contributed by atoms with Crippen LogP contribution in [0.4, 0.5) is 0 Å². The van der Waals surface area contributed by atoms with Gasteiger partial charge in [0, 0.05) is 25.8 Å². The fourth-order valence-corrected chi connectivity index (χ4v) is 1.63. The minimum Gasteiger partial charge on any atom is -0.381 e. The zero-order valence-corrected chi connectivity index (χ0v) is 8.07. The van der Waals surface area contributed by atoms with Crippen molar-refractivity contribution in [3.63, 3.8) is 0 Å². The van der Waals surface area contributed by atoms with Crippen molar-refractivity contribution in [2.75, 3.05) is 26.8 Å². The lowest BCUT2D eigenvalue weighted by Gasteiger charge is -2.31. The highest BCUT2D eigenvalue weighted by Crippen LogP contribution is 2.12. The molecule has 74 valence electrons. The molecule has 13 heavy (non-hydrogen) atoms. The third-order valence-electron chi connectivity index (χ3n) is 2.46. The topological polar surface area (TPSA) is 62.3 Å². The van der Waals surface area contributed by atoms with Gasteiger partial charge < -0.3 is 15.4 Å². The lowest BCUT2D eigenvalue weighted by molar-refractivity contribution is 0.0426. The molecule has 1 rings (SSSR count). The van der Waals surface area contributed by atoms with Gasteiger partial charge in [0.25, 0.3) is 0 Å². The fraction of sp³-hybridized carbons (Fsp3) is 0.889. The van der Waals surface area contributed by atoms with Gasteiger partial charge >= 0.3 is 0 Å². The molecule has 0 bridgehead atoms. The quantitative estimate of drug-likeness (QED) is 0.666. The summed E-state index contributed by atoms with van der Waals surface area (Å²) in [5.74, 6) is 0. The Kier molecular flexibility index (Phi) is 4.16. The van der Waals surface area contributed by atoms with Crippen LogP contribution in [0.25, 0.3) is 0 Å². The second kappa shape index (κ2) is 5.18. The molecule has 1 saturated heterocycles. The van der Waals surface area contributed by atoms with Crippen molar-refractivity contribution in [1.82, 2.24) is 4.90 Å². The first kappa shape index (κ1) is 10.5. The summed E-state index contributed by atoms with van der Waals surface area (Å²) >= 11 is 0. The van der Waals surface area contributed by atoms with Gasteiger partial charge in [-0.25, -0.2) is 0 Å². The molecule has 0 aromatic rings. The van der Waals surface area contributed by atoms with Gasteiger partial charge in [0.15, 0.2) is 0 Å². The van der Waals surface area contributed by atoms with Crippen LogP contribution in [0.1, 0.15) is 12.8 Å². The summed E-state index contributed by atoms with van der Waals surface area (Å²) in [6.45, 7) is 2.31. The fourth-order valence-electron chi connectivity index (χ4n) is 1.63. The number of rotatable bonds is 3. The maximum atomic E-state index is 8.56. The zero-order chi connectivity index (χ0) is 9.68. The minimum absolute atomic E-state index is 0.368. The summed E-state index contributed by atoms with van der Waals surface area (Å²) in [7, 11) is 2.02. The van der Waals surface area contributed by atoms with E-state index in [9.17, 15) is 0 Å².